The Morgan fingerprint density at radius 1 is 0.833 bits per heavy atom. The van der Waals surface area contributed by atoms with Gasteiger partial charge in [-0.25, -0.2) is 0 Å². The molecule has 3 aromatic carbocycles. The summed E-state index contributed by atoms with van der Waals surface area (Å²) in [7, 11) is 0. The van der Waals surface area contributed by atoms with Crippen LogP contribution in [0.2, 0.25) is 0 Å². The fourth-order valence-corrected chi connectivity index (χ4v) is 3.25. The smallest absolute Gasteiger partial charge is 0.229 e. The van der Waals surface area contributed by atoms with Crippen LogP contribution in [0.4, 0.5) is 11.4 Å². The van der Waals surface area contributed by atoms with Crippen LogP contribution in [0.3, 0.4) is 0 Å². The number of para-hydroxylation sites is 1. The third-order valence-corrected chi connectivity index (χ3v) is 4.77. The van der Waals surface area contributed by atoms with Crippen molar-refractivity contribution in [3.8, 4) is 6.07 Å². The summed E-state index contributed by atoms with van der Waals surface area (Å²) in [6, 6.07) is 28.2. The zero-order valence-corrected chi connectivity index (χ0v) is 16.9. The number of hydrogen-bond donors (Lipinski definition) is 0. The Morgan fingerprint density at radius 2 is 1.47 bits per heavy atom. The third-order valence-electron chi connectivity index (χ3n) is 4.77. The molecule has 0 saturated heterocycles. The number of nitrogens with zero attached hydrogens (tertiary/aromatic N) is 3. The normalized spacial score (nSPS) is 10.1. The highest BCUT2D eigenvalue weighted by Crippen LogP contribution is 2.20. The molecule has 0 fully saturated rings. The number of hydrogen-bond acceptors (Lipinski definition) is 3. The van der Waals surface area contributed by atoms with Crippen molar-refractivity contribution in [2.24, 2.45) is 0 Å². The van der Waals surface area contributed by atoms with Crippen LogP contribution >= 0.6 is 0 Å². The van der Waals surface area contributed by atoms with Crippen molar-refractivity contribution >= 4 is 23.2 Å². The number of benzene rings is 3. The van der Waals surface area contributed by atoms with Gasteiger partial charge in [0.2, 0.25) is 11.8 Å². The van der Waals surface area contributed by atoms with E-state index in [-0.39, 0.29) is 24.8 Å². The van der Waals surface area contributed by atoms with Gasteiger partial charge < -0.3 is 9.80 Å². The molecule has 5 heteroatoms. The standard InChI is InChI=1S/C25H23N3O2/c1-20(29)27(24-14-8-11-22(17-24)18-26)16-15-25(30)28(23-12-6-3-7-13-23)19-21-9-4-2-5-10-21/h2-14,17H,15-16,19H2,1H3. The minimum Gasteiger partial charge on any atom is -0.312 e. The Morgan fingerprint density at radius 3 is 2.10 bits per heavy atom. The highest BCUT2D eigenvalue weighted by molar-refractivity contribution is 5.96. The molecule has 0 N–H and O–H groups in total. The largest absolute Gasteiger partial charge is 0.312 e. The minimum absolute atomic E-state index is 0.0762. The average Bonchev–Trinajstić information content (AvgIpc) is 2.78. The van der Waals surface area contributed by atoms with Gasteiger partial charge in [-0.15, -0.1) is 0 Å². The van der Waals surface area contributed by atoms with Crippen LogP contribution in [0, 0.1) is 11.3 Å². The van der Waals surface area contributed by atoms with Gasteiger partial charge in [0, 0.05) is 31.3 Å². The van der Waals surface area contributed by atoms with Crippen molar-refractivity contribution in [1.82, 2.24) is 0 Å². The molecular weight excluding hydrogens is 374 g/mol. The maximum Gasteiger partial charge on any atom is 0.229 e. The van der Waals surface area contributed by atoms with Crippen molar-refractivity contribution < 1.29 is 9.59 Å². The third kappa shape index (κ3) is 5.33. The summed E-state index contributed by atoms with van der Waals surface area (Å²) >= 11 is 0. The maximum atomic E-state index is 13.2. The van der Waals surface area contributed by atoms with E-state index in [9.17, 15) is 9.59 Å². The summed E-state index contributed by atoms with van der Waals surface area (Å²) in [5.41, 5.74) is 2.93. The van der Waals surface area contributed by atoms with E-state index in [4.69, 9.17) is 5.26 Å². The molecule has 0 aliphatic heterocycles. The fraction of sp³-hybridized carbons (Fsp3) is 0.160. The van der Waals surface area contributed by atoms with E-state index >= 15 is 0 Å². The van der Waals surface area contributed by atoms with Crippen molar-refractivity contribution in [1.29, 1.82) is 5.26 Å². The predicted molar refractivity (Wildman–Crippen MR) is 118 cm³/mol. The second kappa shape index (κ2) is 10.0. The Bertz CT molecular complexity index is 1040. The van der Waals surface area contributed by atoms with Gasteiger partial charge in [0.05, 0.1) is 18.2 Å². The van der Waals surface area contributed by atoms with Crippen LogP contribution in [0.25, 0.3) is 0 Å². The molecule has 5 nitrogen and oxygen atoms in total. The Hall–Kier alpha value is -3.91. The Labute approximate surface area is 176 Å². The predicted octanol–water partition coefficient (Wildman–Crippen LogP) is 4.53. The van der Waals surface area contributed by atoms with Crippen molar-refractivity contribution in [3.63, 3.8) is 0 Å². The average molecular weight is 397 g/mol. The van der Waals surface area contributed by atoms with Crippen LogP contribution in [0.5, 0.6) is 0 Å². The van der Waals surface area contributed by atoms with Gasteiger partial charge in [0.25, 0.3) is 0 Å². The van der Waals surface area contributed by atoms with Gasteiger partial charge in [0.15, 0.2) is 0 Å². The quantitative estimate of drug-likeness (QED) is 0.588. The van der Waals surface area contributed by atoms with Crippen LogP contribution in [-0.2, 0) is 16.1 Å². The number of nitriles is 1. The molecule has 0 atom stereocenters. The lowest BCUT2D eigenvalue weighted by Gasteiger charge is -2.26. The first-order chi connectivity index (χ1) is 14.6. The first kappa shape index (κ1) is 20.8. The van der Waals surface area contributed by atoms with Gasteiger partial charge in [-0.1, -0.05) is 54.6 Å². The van der Waals surface area contributed by atoms with Gasteiger partial charge >= 0.3 is 0 Å². The molecule has 0 spiro atoms. The van der Waals surface area contributed by atoms with Gasteiger partial charge in [-0.05, 0) is 35.9 Å². The van der Waals surface area contributed by atoms with Crippen LogP contribution in [-0.4, -0.2) is 18.4 Å². The van der Waals surface area contributed by atoms with E-state index in [2.05, 4.69) is 6.07 Å². The van der Waals surface area contributed by atoms with Gasteiger partial charge in [-0.3, -0.25) is 9.59 Å². The summed E-state index contributed by atoms with van der Waals surface area (Å²) in [5.74, 6) is -0.250. The molecule has 0 aliphatic carbocycles. The second-order valence-corrected chi connectivity index (χ2v) is 6.88. The van der Waals surface area contributed by atoms with Crippen molar-refractivity contribution in [3.05, 3.63) is 96.1 Å². The molecule has 0 radical (unpaired) electrons. The molecule has 30 heavy (non-hydrogen) atoms. The van der Waals surface area contributed by atoms with E-state index < -0.39 is 0 Å². The molecule has 0 bridgehead atoms. The molecule has 0 aliphatic rings. The van der Waals surface area contributed by atoms with Crippen molar-refractivity contribution in [2.75, 3.05) is 16.3 Å². The molecule has 3 rings (SSSR count). The number of amides is 2. The Kier molecular flexibility index (Phi) is 6.96. The first-order valence-corrected chi connectivity index (χ1v) is 9.76. The maximum absolute atomic E-state index is 13.2. The highest BCUT2D eigenvalue weighted by Gasteiger charge is 2.19. The zero-order valence-electron chi connectivity index (χ0n) is 16.9. The van der Waals surface area contributed by atoms with E-state index in [1.54, 1.807) is 29.2 Å². The monoisotopic (exact) mass is 397 g/mol. The topological polar surface area (TPSA) is 64.4 Å². The number of anilines is 2. The van der Waals surface area contributed by atoms with Crippen molar-refractivity contribution in [2.45, 2.75) is 19.9 Å². The number of carbonyl (C=O) groups excluding carboxylic acids is 2. The summed E-state index contributed by atoms with van der Waals surface area (Å²) in [6.07, 6.45) is 0.165. The molecular formula is C25H23N3O2. The first-order valence-electron chi connectivity index (χ1n) is 9.76. The minimum atomic E-state index is -0.174. The Balaban J connectivity index is 1.78. The van der Waals surface area contributed by atoms with Crippen LogP contribution < -0.4 is 9.80 Å². The lowest BCUT2D eigenvalue weighted by atomic mass is 10.1. The number of carbonyl (C=O) groups is 2. The number of rotatable bonds is 7. The van der Waals surface area contributed by atoms with E-state index in [1.807, 2.05) is 60.7 Å². The zero-order chi connectivity index (χ0) is 21.3. The fourth-order valence-electron chi connectivity index (χ4n) is 3.25. The highest BCUT2D eigenvalue weighted by atomic mass is 16.2. The molecule has 3 aromatic rings. The van der Waals surface area contributed by atoms with E-state index in [0.717, 1.165) is 11.3 Å². The lowest BCUT2D eigenvalue weighted by Crippen LogP contribution is -2.36. The summed E-state index contributed by atoms with van der Waals surface area (Å²) in [5, 5.41) is 9.13. The van der Waals surface area contributed by atoms with E-state index in [1.165, 1.54) is 11.8 Å². The second-order valence-electron chi connectivity index (χ2n) is 6.88. The molecule has 0 aromatic heterocycles. The van der Waals surface area contributed by atoms with Gasteiger partial charge in [-0.2, -0.15) is 5.26 Å². The van der Waals surface area contributed by atoms with Crippen LogP contribution in [0.15, 0.2) is 84.9 Å². The molecule has 150 valence electrons. The lowest BCUT2D eigenvalue weighted by molar-refractivity contribution is -0.118. The molecule has 0 saturated carbocycles. The summed E-state index contributed by atoms with van der Waals surface area (Å²) < 4.78 is 0. The summed E-state index contributed by atoms with van der Waals surface area (Å²) in [4.78, 5) is 28.6. The molecule has 0 heterocycles. The molecule has 0 unspecified atom stereocenters. The van der Waals surface area contributed by atoms with E-state index in [0.29, 0.717) is 17.8 Å². The van der Waals surface area contributed by atoms with Gasteiger partial charge in [0.1, 0.15) is 0 Å². The van der Waals surface area contributed by atoms with Crippen LogP contribution in [0.1, 0.15) is 24.5 Å². The SMILES string of the molecule is CC(=O)N(CCC(=O)N(Cc1ccccc1)c1ccccc1)c1cccc(C#N)c1. The summed E-state index contributed by atoms with van der Waals surface area (Å²) in [6.45, 7) is 2.15. The molecule has 2 amide bonds.